The Morgan fingerprint density at radius 2 is 2.25 bits per heavy atom. The first-order valence-corrected chi connectivity index (χ1v) is 4.31. The van der Waals surface area contributed by atoms with Crippen molar-refractivity contribution in [2.75, 3.05) is 0 Å². The van der Waals surface area contributed by atoms with E-state index in [0.29, 0.717) is 11.6 Å². The van der Waals surface area contributed by atoms with Crippen LogP contribution in [0.4, 0.5) is 0 Å². The van der Waals surface area contributed by atoms with Crippen molar-refractivity contribution < 1.29 is 5.11 Å². The van der Waals surface area contributed by atoms with E-state index in [1.54, 1.807) is 0 Å². The highest BCUT2D eigenvalue weighted by molar-refractivity contribution is 6.28. The molecular weight excluding hydrogens is 176 g/mol. The fourth-order valence-corrected chi connectivity index (χ4v) is 1.36. The third kappa shape index (κ3) is 1.57. The second-order valence-corrected chi connectivity index (χ2v) is 3.32. The van der Waals surface area contributed by atoms with E-state index in [-0.39, 0.29) is 11.9 Å². The van der Waals surface area contributed by atoms with Crippen LogP contribution >= 0.6 is 11.6 Å². The standard InChI is InChI=1S/C8H9ClN2O/c9-8-10-6(4-12)3-7(11-8)5-1-2-5/h3,5,12H,1-2,4H2. The van der Waals surface area contributed by atoms with Gasteiger partial charge in [-0.15, -0.1) is 0 Å². The molecule has 3 nitrogen and oxygen atoms in total. The number of hydrogen-bond acceptors (Lipinski definition) is 3. The highest BCUT2D eigenvalue weighted by Gasteiger charge is 2.25. The van der Waals surface area contributed by atoms with E-state index in [1.807, 2.05) is 6.07 Å². The largest absolute Gasteiger partial charge is 0.390 e. The molecule has 1 aromatic heterocycles. The molecule has 0 aliphatic heterocycles. The highest BCUT2D eigenvalue weighted by atomic mass is 35.5. The summed E-state index contributed by atoms with van der Waals surface area (Å²) in [5.74, 6) is 0.552. The van der Waals surface area contributed by atoms with E-state index in [4.69, 9.17) is 16.7 Å². The molecule has 1 saturated carbocycles. The molecule has 1 N–H and O–H groups in total. The summed E-state index contributed by atoms with van der Waals surface area (Å²) in [6.45, 7) is -0.0675. The third-order valence-corrected chi connectivity index (χ3v) is 2.10. The average molecular weight is 185 g/mol. The molecule has 0 unspecified atom stereocenters. The van der Waals surface area contributed by atoms with Gasteiger partial charge in [-0.05, 0) is 30.5 Å². The van der Waals surface area contributed by atoms with Crippen LogP contribution in [0.15, 0.2) is 6.07 Å². The summed E-state index contributed by atoms with van der Waals surface area (Å²) < 4.78 is 0. The molecular formula is C8H9ClN2O. The minimum Gasteiger partial charge on any atom is -0.390 e. The lowest BCUT2D eigenvalue weighted by Crippen LogP contribution is -1.96. The molecule has 0 atom stereocenters. The van der Waals surface area contributed by atoms with Crippen molar-refractivity contribution in [1.82, 2.24) is 9.97 Å². The lowest BCUT2D eigenvalue weighted by atomic mass is 10.2. The number of halogens is 1. The summed E-state index contributed by atoms with van der Waals surface area (Å²) in [5.41, 5.74) is 1.58. The predicted molar refractivity (Wildman–Crippen MR) is 44.9 cm³/mol. The van der Waals surface area contributed by atoms with E-state index in [9.17, 15) is 0 Å². The zero-order valence-corrected chi connectivity index (χ0v) is 7.25. The maximum atomic E-state index is 8.84. The minimum absolute atomic E-state index is 0.0675. The van der Waals surface area contributed by atoms with Gasteiger partial charge in [-0.1, -0.05) is 0 Å². The van der Waals surface area contributed by atoms with Gasteiger partial charge in [0.15, 0.2) is 0 Å². The summed E-state index contributed by atoms with van der Waals surface area (Å²) in [5, 5.41) is 9.08. The van der Waals surface area contributed by atoms with Gasteiger partial charge in [-0.25, -0.2) is 9.97 Å². The number of rotatable bonds is 2. The van der Waals surface area contributed by atoms with Crippen molar-refractivity contribution in [3.8, 4) is 0 Å². The van der Waals surface area contributed by atoms with Crippen molar-refractivity contribution in [3.63, 3.8) is 0 Å². The van der Waals surface area contributed by atoms with Crippen molar-refractivity contribution in [3.05, 3.63) is 22.7 Å². The molecule has 4 heteroatoms. The summed E-state index contributed by atoms with van der Waals surface area (Å²) in [4.78, 5) is 7.95. The molecule has 0 spiro atoms. The summed E-state index contributed by atoms with van der Waals surface area (Å²) in [6.07, 6.45) is 2.36. The Labute approximate surface area is 75.4 Å². The normalized spacial score (nSPS) is 16.5. The summed E-state index contributed by atoms with van der Waals surface area (Å²) >= 11 is 5.67. The molecule has 1 fully saturated rings. The van der Waals surface area contributed by atoms with Crippen LogP contribution in [0.2, 0.25) is 5.28 Å². The highest BCUT2D eigenvalue weighted by Crippen LogP contribution is 2.39. The molecule has 1 heterocycles. The van der Waals surface area contributed by atoms with Gasteiger partial charge in [0.2, 0.25) is 5.28 Å². The molecule has 1 aromatic rings. The van der Waals surface area contributed by atoms with Crippen LogP contribution in [0, 0.1) is 0 Å². The number of nitrogens with zero attached hydrogens (tertiary/aromatic N) is 2. The third-order valence-electron chi connectivity index (χ3n) is 1.93. The molecule has 1 aliphatic carbocycles. The van der Waals surface area contributed by atoms with E-state index < -0.39 is 0 Å². The second kappa shape index (κ2) is 2.99. The van der Waals surface area contributed by atoms with Gasteiger partial charge in [0.25, 0.3) is 0 Å². The Kier molecular flexibility index (Phi) is 1.98. The molecule has 12 heavy (non-hydrogen) atoms. The van der Waals surface area contributed by atoms with Crippen LogP contribution in [0.1, 0.15) is 30.1 Å². The van der Waals surface area contributed by atoms with E-state index in [2.05, 4.69) is 9.97 Å². The molecule has 0 amide bonds. The first-order valence-electron chi connectivity index (χ1n) is 3.94. The van der Waals surface area contributed by atoms with Crippen molar-refractivity contribution in [2.45, 2.75) is 25.4 Å². The predicted octanol–water partition coefficient (Wildman–Crippen LogP) is 1.50. The van der Waals surface area contributed by atoms with Gasteiger partial charge in [0, 0.05) is 11.6 Å². The molecule has 64 valence electrons. The first-order chi connectivity index (χ1) is 5.79. The Balaban J connectivity index is 2.34. The van der Waals surface area contributed by atoms with Crippen LogP contribution in [0.25, 0.3) is 0 Å². The number of hydrogen-bond donors (Lipinski definition) is 1. The van der Waals surface area contributed by atoms with Crippen LogP contribution in [0.5, 0.6) is 0 Å². The number of aliphatic hydroxyl groups excluding tert-OH is 1. The van der Waals surface area contributed by atoms with E-state index in [1.165, 1.54) is 12.8 Å². The molecule has 0 radical (unpaired) electrons. The smallest absolute Gasteiger partial charge is 0.222 e. The maximum absolute atomic E-state index is 8.84. The van der Waals surface area contributed by atoms with Gasteiger partial charge in [0.05, 0.1) is 12.3 Å². The van der Waals surface area contributed by atoms with Gasteiger partial charge >= 0.3 is 0 Å². The lowest BCUT2D eigenvalue weighted by Gasteiger charge is -2.00. The quantitative estimate of drug-likeness (QED) is 0.709. The SMILES string of the molecule is OCc1cc(C2CC2)nc(Cl)n1. The average Bonchev–Trinajstić information content (AvgIpc) is 2.85. The Morgan fingerprint density at radius 3 is 2.83 bits per heavy atom. The van der Waals surface area contributed by atoms with Crippen LogP contribution in [-0.4, -0.2) is 15.1 Å². The second-order valence-electron chi connectivity index (χ2n) is 2.99. The molecule has 0 bridgehead atoms. The van der Waals surface area contributed by atoms with Gasteiger partial charge in [-0.3, -0.25) is 0 Å². The van der Waals surface area contributed by atoms with Crippen molar-refractivity contribution in [2.24, 2.45) is 0 Å². The van der Waals surface area contributed by atoms with E-state index in [0.717, 1.165) is 5.69 Å². The Hall–Kier alpha value is -0.670. The van der Waals surface area contributed by atoms with Crippen LogP contribution < -0.4 is 0 Å². The van der Waals surface area contributed by atoms with Crippen LogP contribution in [-0.2, 0) is 6.61 Å². The van der Waals surface area contributed by atoms with Crippen LogP contribution in [0.3, 0.4) is 0 Å². The maximum Gasteiger partial charge on any atom is 0.222 e. The Bertz CT molecular complexity index is 299. The topological polar surface area (TPSA) is 46.0 Å². The summed E-state index contributed by atoms with van der Waals surface area (Å²) in [6, 6.07) is 1.82. The zero-order chi connectivity index (χ0) is 8.55. The number of aliphatic hydroxyl groups is 1. The first kappa shape index (κ1) is 7.95. The molecule has 0 aromatic carbocycles. The number of aromatic nitrogens is 2. The zero-order valence-electron chi connectivity index (χ0n) is 6.50. The van der Waals surface area contributed by atoms with Gasteiger partial charge in [-0.2, -0.15) is 0 Å². The Morgan fingerprint density at radius 1 is 1.50 bits per heavy atom. The fraction of sp³-hybridized carbons (Fsp3) is 0.500. The minimum atomic E-state index is -0.0675. The fourth-order valence-electron chi connectivity index (χ4n) is 1.15. The summed E-state index contributed by atoms with van der Waals surface area (Å²) in [7, 11) is 0. The van der Waals surface area contributed by atoms with Crippen molar-refractivity contribution in [1.29, 1.82) is 0 Å². The van der Waals surface area contributed by atoms with E-state index >= 15 is 0 Å². The monoisotopic (exact) mass is 184 g/mol. The molecule has 2 rings (SSSR count). The molecule has 1 aliphatic rings. The van der Waals surface area contributed by atoms with Gasteiger partial charge in [0.1, 0.15) is 0 Å². The van der Waals surface area contributed by atoms with Crippen molar-refractivity contribution >= 4 is 11.6 Å². The lowest BCUT2D eigenvalue weighted by molar-refractivity contribution is 0.276. The van der Waals surface area contributed by atoms with Gasteiger partial charge < -0.3 is 5.11 Å². The molecule has 0 saturated heterocycles.